The van der Waals surface area contributed by atoms with Crippen LogP contribution >= 0.6 is 23.1 Å². The zero-order chi connectivity index (χ0) is 16.0. The average Bonchev–Trinajstić information content (AvgIpc) is 2.90. The van der Waals surface area contributed by atoms with E-state index in [9.17, 15) is 17.6 Å². The Morgan fingerprint density at radius 1 is 1.23 bits per heavy atom. The van der Waals surface area contributed by atoms with E-state index in [-0.39, 0.29) is 17.5 Å². The second-order valence-electron chi connectivity index (χ2n) is 3.97. The number of alkyl halides is 3. The minimum absolute atomic E-state index is 0.106. The maximum Gasteiger partial charge on any atom is 0.405 e. The largest absolute Gasteiger partial charge is 0.490 e. The molecule has 1 N–H and O–H groups in total. The molecule has 0 atom stereocenters. The van der Waals surface area contributed by atoms with E-state index in [1.54, 1.807) is 12.1 Å². The summed E-state index contributed by atoms with van der Waals surface area (Å²) in [6.45, 7) is -0.904. The van der Waals surface area contributed by atoms with Crippen LogP contribution in [0.15, 0.2) is 28.6 Å². The van der Waals surface area contributed by atoms with E-state index in [0.717, 1.165) is 11.3 Å². The van der Waals surface area contributed by atoms with Gasteiger partial charge in [0.05, 0.1) is 6.61 Å². The minimum atomic E-state index is -4.30. The number of rotatable bonds is 7. The zero-order valence-corrected chi connectivity index (χ0v) is 12.7. The van der Waals surface area contributed by atoms with Gasteiger partial charge in [0.1, 0.15) is 6.54 Å². The molecule has 0 radical (unpaired) electrons. The van der Waals surface area contributed by atoms with Crippen molar-refractivity contribution in [2.75, 3.05) is 24.2 Å². The number of benzene rings is 1. The van der Waals surface area contributed by atoms with Crippen molar-refractivity contribution in [3.8, 4) is 5.75 Å². The van der Waals surface area contributed by atoms with Gasteiger partial charge in [-0.05, 0) is 12.1 Å². The molecule has 22 heavy (non-hydrogen) atoms. The molecule has 0 aliphatic rings. The van der Waals surface area contributed by atoms with Crippen molar-refractivity contribution < 1.29 is 22.3 Å². The monoisotopic (exact) mass is 353 g/mol. The Hall–Kier alpha value is -1.55. The normalized spacial score (nSPS) is 11.5. The lowest BCUT2D eigenvalue weighted by Crippen LogP contribution is -2.21. The van der Waals surface area contributed by atoms with Crippen molar-refractivity contribution in [2.45, 2.75) is 10.5 Å². The highest BCUT2D eigenvalue weighted by molar-refractivity contribution is 8.01. The number of halogens is 4. The number of hydrogen-bond acceptors (Lipinski definition) is 6. The van der Waals surface area contributed by atoms with Crippen LogP contribution in [0.5, 0.6) is 5.75 Å². The number of nitrogens with zero attached hydrogens (tertiary/aromatic N) is 2. The van der Waals surface area contributed by atoms with E-state index in [1.165, 1.54) is 23.9 Å². The van der Waals surface area contributed by atoms with E-state index in [1.807, 2.05) is 0 Å². The Balaban J connectivity index is 1.71. The van der Waals surface area contributed by atoms with Crippen LogP contribution in [0.2, 0.25) is 0 Å². The number of thioether (sulfide) groups is 1. The van der Waals surface area contributed by atoms with Crippen molar-refractivity contribution in [1.82, 2.24) is 10.2 Å². The summed E-state index contributed by atoms with van der Waals surface area (Å²) in [4.78, 5) is 0. The van der Waals surface area contributed by atoms with Crippen molar-refractivity contribution in [3.05, 3.63) is 30.1 Å². The first-order valence-corrected chi connectivity index (χ1v) is 7.88. The molecule has 0 aliphatic carbocycles. The molecular formula is C12H11F4N3OS2. The maximum atomic E-state index is 13.3. The first-order valence-electron chi connectivity index (χ1n) is 6.08. The molecule has 0 unspecified atom stereocenters. The second kappa shape index (κ2) is 7.63. The van der Waals surface area contributed by atoms with Gasteiger partial charge in [-0.25, -0.2) is 4.39 Å². The summed E-state index contributed by atoms with van der Waals surface area (Å²) in [7, 11) is 0. The lowest BCUT2D eigenvalue weighted by atomic mass is 10.3. The molecule has 10 heteroatoms. The number of aromatic nitrogens is 2. The predicted molar refractivity (Wildman–Crippen MR) is 77.1 cm³/mol. The second-order valence-corrected chi connectivity index (χ2v) is 6.29. The molecule has 1 aromatic heterocycles. The molecule has 0 bridgehead atoms. The van der Waals surface area contributed by atoms with Gasteiger partial charge in [0.25, 0.3) is 0 Å². The molecule has 0 fully saturated rings. The third-order valence-electron chi connectivity index (χ3n) is 2.25. The van der Waals surface area contributed by atoms with E-state index in [0.29, 0.717) is 10.1 Å². The quantitative estimate of drug-likeness (QED) is 0.466. The van der Waals surface area contributed by atoms with E-state index >= 15 is 0 Å². The van der Waals surface area contributed by atoms with Crippen LogP contribution in [-0.2, 0) is 0 Å². The fourth-order valence-electron chi connectivity index (χ4n) is 1.36. The van der Waals surface area contributed by atoms with Crippen LogP contribution in [0.1, 0.15) is 0 Å². The topological polar surface area (TPSA) is 47.0 Å². The minimum Gasteiger partial charge on any atom is -0.490 e. The number of ether oxygens (including phenoxy) is 1. The SMILES string of the molecule is Fc1ccccc1OCCSc1nnc(NCC(F)(F)F)s1. The summed E-state index contributed by atoms with van der Waals surface area (Å²) in [5, 5.41) is 9.62. The van der Waals surface area contributed by atoms with Crippen molar-refractivity contribution >= 4 is 28.2 Å². The van der Waals surface area contributed by atoms with Gasteiger partial charge in [0, 0.05) is 5.75 Å². The molecule has 0 saturated heterocycles. The van der Waals surface area contributed by atoms with Crippen LogP contribution in [-0.4, -0.2) is 35.3 Å². The van der Waals surface area contributed by atoms with E-state index in [2.05, 4.69) is 15.5 Å². The molecule has 4 nitrogen and oxygen atoms in total. The maximum absolute atomic E-state index is 13.3. The summed E-state index contributed by atoms with van der Waals surface area (Å²) in [5.74, 6) is 0.192. The fourth-order valence-corrected chi connectivity index (χ4v) is 2.99. The van der Waals surface area contributed by atoms with E-state index in [4.69, 9.17) is 4.74 Å². The Morgan fingerprint density at radius 2 is 2.00 bits per heavy atom. The molecule has 0 aliphatic heterocycles. The molecule has 1 heterocycles. The average molecular weight is 353 g/mol. The third kappa shape index (κ3) is 5.68. The van der Waals surface area contributed by atoms with Crippen LogP contribution in [0.4, 0.5) is 22.7 Å². The van der Waals surface area contributed by atoms with Gasteiger partial charge in [-0.15, -0.1) is 10.2 Å². The smallest absolute Gasteiger partial charge is 0.405 e. The molecular weight excluding hydrogens is 342 g/mol. The van der Waals surface area contributed by atoms with Gasteiger partial charge in [0.2, 0.25) is 5.13 Å². The van der Waals surface area contributed by atoms with E-state index < -0.39 is 18.5 Å². The van der Waals surface area contributed by atoms with Gasteiger partial charge in [-0.1, -0.05) is 35.2 Å². The molecule has 0 amide bonds. The summed E-state index contributed by atoms with van der Waals surface area (Å²) in [6, 6.07) is 6.04. The van der Waals surface area contributed by atoms with Crippen LogP contribution in [0.25, 0.3) is 0 Å². The standard InChI is InChI=1S/C12H11F4N3OS2/c13-8-3-1-2-4-9(8)20-5-6-21-11-19-18-10(22-11)17-7-12(14,15)16/h1-4H,5-7H2,(H,17,18). The molecule has 120 valence electrons. The Bertz CT molecular complexity index is 606. The Morgan fingerprint density at radius 3 is 2.73 bits per heavy atom. The lowest BCUT2D eigenvalue weighted by Gasteiger charge is -2.05. The van der Waals surface area contributed by atoms with Gasteiger partial charge in [-0.2, -0.15) is 13.2 Å². The van der Waals surface area contributed by atoms with Crippen LogP contribution in [0.3, 0.4) is 0 Å². The van der Waals surface area contributed by atoms with Gasteiger partial charge < -0.3 is 10.1 Å². The summed E-state index contributed by atoms with van der Waals surface area (Å²) in [6.07, 6.45) is -4.30. The number of hydrogen-bond donors (Lipinski definition) is 1. The molecule has 2 rings (SSSR count). The third-order valence-corrected chi connectivity index (χ3v) is 4.23. The molecule has 1 aromatic carbocycles. The lowest BCUT2D eigenvalue weighted by molar-refractivity contribution is -0.115. The number of anilines is 1. The van der Waals surface area contributed by atoms with Gasteiger partial charge in [0.15, 0.2) is 15.9 Å². The highest BCUT2D eigenvalue weighted by atomic mass is 32.2. The summed E-state index contributed by atoms with van der Waals surface area (Å²) >= 11 is 2.30. The Kier molecular flexibility index (Phi) is 5.83. The van der Waals surface area contributed by atoms with Crippen LogP contribution < -0.4 is 10.1 Å². The molecule has 2 aromatic rings. The van der Waals surface area contributed by atoms with Gasteiger partial charge >= 0.3 is 6.18 Å². The highest BCUT2D eigenvalue weighted by Gasteiger charge is 2.27. The zero-order valence-electron chi connectivity index (χ0n) is 11.1. The first-order chi connectivity index (χ1) is 10.4. The molecule has 0 spiro atoms. The number of para-hydroxylation sites is 1. The van der Waals surface area contributed by atoms with Crippen molar-refractivity contribution in [2.24, 2.45) is 0 Å². The first kappa shape index (κ1) is 16.8. The number of nitrogens with one attached hydrogen (secondary N) is 1. The van der Waals surface area contributed by atoms with Crippen molar-refractivity contribution in [3.63, 3.8) is 0 Å². The van der Waals surface area contributed by atoms with Gasteiger partial charge in [-0.3, -0.25) is 0 Å². The predicted octanol–water partition coefficient (Wildman–Crippen LogP) is 3.82. The summed E-state index contributed by atoms with van der Waals surface area (Å²) in [5.41, 5.74) is 0. The molecule has 0 saturated carbocycles. The fraction of sp³-hybridized carbons (Fsp3) is 0.333. The summed E-state index contributed by atoms with van der Waals surface area (Å²) < 4.78 is 55.1. The van der Waals surface area contributed by atoms with Crippen LogP contribution in [0, 0.1) is 5.82 Å². The highest BCUT2D eigenvalue weighted by Crippen LogP contribution is 2.26. The van der Waals surface area contributed by atoms with Crippen molar-refractivity contribution in [1.29, 1.82) is 0 Å². The Labute approximate surface area is 131 Å².